The number of anilines is 1. The SMILES string of the molecule is Cc1cccc(N2CCN(C(=O)CNC(=O)C(C)C)CC2)c1C. The second-order valence-electron chi connectivity index (χ2n) is 6.46. The fraction of sp³-hybridized carbons (Fsp3) is 0.556. The maximum atomic E-state index is 12.2. The molecule has 0 aliphatic carbocycles. The smallest absolute Gasteiger partial charge is 0.242 e. The molecule has 23 heavy (non-hydrogen) atoms. The van der Waals surface area contributed by atoms with E-state index < -0.39 is 0 Å². The maximum absolute atomic E-state index is 12.2. The molecule has 5 nitrogen and oxygen atoms in total. The molecule has 1 aromatic carbocycles. The van der Waals surface area contributed by atoms with Crippen LogP contribution in [0, 0.1) is 19.8 Å². The van der Waals surface area contributed by atoms with E-state index in [1.165, 1.54) is 16.8 Å². The first kappa shape index (κ1) is 17.3. The molecule has 0 saturated carbocycles. The molecule has 0 bridgehead atoms. The summed E-state index contributed by atoms with van der Waals surface area (Å²) in [6.07, 6.45) is 0. The number of rotatable bonds is 4. The van der Waals surface area contributed by atoms with E-state index in [9.17, 15) is 9.59 Å². The first-order valence-corrected chi connectivity index (χ1v) is 8.26. The lowest BCUT2D eigenvalue weighted by molar-refractivity contribution is -0.133. The second-order valence-corrected chi connectivity index (χ2v) is 6.46. The highest BCUT2D eigenvalue weighted by molar-refractivity contribution is 5.85. The lowest BCUT2D eigenvalue weighted by Gasteiger charge is -2.37. The van der Waals surface area contributed by atoms with E-state index in [0.717, 1.165) is 13.1 Å². The van der Waals surface area contributed by atoms with Gasteiger partial charge in [-0.15, -0.1) is 0 Å². The van der Waals surface area contributed by atoms with Gasteiger partial charge in [-0.05, 0) is 31.0 Å². The molecule has 2 rings (SSSR count). The Bertz CT molecular complexity index is 576. The lowest BCUT2D eigenvalue weighted by atomic mass is 10.1. The van der Waals surface area contributed by atoms with Crippen LogP contribution in [-0.2, 0) is 9.59 Å². The molecule has 1 heterocycles. The Morgan fingerprint density at radius 1 is 1.13 bits per heavy atom. The van der Waals surface area contributed by atoms with E-state index in [2.05, 4.69) is 42.3 Å². The monoisotopic (exact) mass is 317 g/mol. The van der Waals surface area contributed by atoms with Crippen LogP contribution in [0.2, 0.25) is 0 Å². The van der Waals surface area contributed by atoms with Crippen molar-refractivity contribution in [1.82, 2.24) is 10.2 Å². The van der Waals surface area contributed by atoms with E-state index in [0.29, 0.717) is 13.1 Å². The summed E-state index contributed by atoms with van der Waals surface area (Å²) >= 11 is 0. The third-order valence-corrected chi connectivity index (χ3v) is 4.49. The first-order chi connectivity index (χ1) is 10.9. The summed E-state index contributed by atoms with van der Waals surface area (Å²) in [4.78, 5) is 27.9. The fourth-order valence-electron chi connectivity index (χ4n) is 2.75. The predicted octanol–water partition coefficient (Wildman–Crippen LogP) is 1.72. The molecular weight excluding hydrogens is 290 g/mol. The molecule has 0 spiro atoms. The van der Waals surface area contributed by atoms with Crippen molar-refractivity contribution in [3.63, 3.8) is 0 Å². The van der Waals surface area contributed by atoms with Crippen LogP contribution in [0.1, 0.15) is 25.0 Å². The van der Waals surface area contributed by atoms with Gasteiger partial charge in [0.25, 0.3) is 0 Å². The van der Waals surface area contributed by atoms with E-state index in [4.69, 9.17) is 0 Å². The van der Waals surface area contributed by atoms with Gasteiger partial charge in [0.2, 0.25) is 11.8 Å². The van der Waals surface area contributed by atoms with Gasteiger partial charge in [-0.1, -0.05) is 26.0 Å². The van der Waals surface area contributed by atoms with Gasteiger partial charge in [-0.2, -0.15) is 0 Å². The van der Waals surface area contributed by atoms with Crippen LogP contribution in [0.5, 0.6) is 0 Å². The molecule has 5 heteroatoms. The topological polar surface area (TPSA) is 52.6 Å². The van der Waals surface area contributed by atoms with Crippen LogP contribution in [0.15, 0.2) is 18.2 Å². The molecule has 1 aliphatic rings. The molecule has 0 aromatic heterocycles. The van der Waals surface area contributed by atoms with Gasteiger partial charge in [0.15, 0.2) is 0 Å². The Hall–Kier alpha value is -2.04. The first-order valence-electron chi connectivity index (χ1n) is 8.26. The van der Waals surface area contributed by atoms with E-state index in [1.54, 1.807) is 0 Å². The molecule has 0 unspecified atom stereocenters. The molecule has 1 aliphatic heterocycles. The Balaban J connectivity index is 1.87. The van der Waals surface area contributed by atoms with Crippen molar-refractivity contribution in [2.45, 2.75) is 27.7 Å². The standard InChI is InChI=1S/C18H27N3O2/c1-13(2)18(23)19-12-17(22)21-10-8-20(9-11-21)16-7-5-6-14(3)15(16)4/h5-7,13H,8-12H2,1-4H3,(H,19,23). The summed E-state index contributed by atoms with van der Waals surface area (Å²) in [5, 5.41) is 2.69. The van der Waals surface area contributed by atoms with Crippen molar-refractivity contribution in [2.75, 3.05) is 37.6 Å². The zero-order valence-corrected chi connectivity index (χ0v) is 14.6. The van der Waals surface area contributed by atoms with Crippen molar-refractivity contribution in [2.24, 2.45) is 5.92 Å². The number of nitrogens with zero attached hydrogens (tertiary/aromatic N) is 2. The van der Waals surface area contributed by atoms with Crippen LogP contribution in [-0.4, -0.2) is 49.4 Å². The van der Waals surface area contributed by atoms with Gasteiger partial charge in [0.1, 0.15) is 0 Å². The predicted molar refractivity (Wildman–Crippen MR) is 92.6 cm³/mol. The van der Waals surface area contributed by atoms with Gasteiger partial charge in [-0.25, -0.2) is 0 Å². The second kappa shape index (κ2) is 7.49. The van der Waals surface area contributed by atoms with Crippen LogP contribution in [0.3, 0.4) is 0 Å². The fourth-order valence-corrected chi connectivity index (χ4v) is 2.75. The van der Waals surface area contributed by atoms with Crippen molar-refractivity contribution in [1.29, 1.82) is 0 Å². The lowest BCUT2D eigenvalue weighted by Crippen LogP contribution is -2.51. The Morgan fingerprint density at radius 2 is 1.78 bits per heavy atom. The molecule has 1 N–H and O–H groups in total. The highest BCUT2D eigenvalue weighted by atomic mass is 16.2. The van der Waals surface area contributed by atoms with Crippen molar-refractivity contribution >= 4 is 17.5 Å². The summed E-state index contributed by atoms with van der Waals surface area (Å²) < 4.78 is 0. The highest BCUT2D eigenvalue weighted by Crippen LogP contribution is 2.23. The maximum Gasteiger partial charge on any atom is 0.242 e. The Morgan fingerprint density at radius 3 is 2.39 bits per heavy atom. The Labute approximate surface area is 138 Å². The van der Waals surface area contributed by atoms with Gasteiger partial charge in [-0.3, -0.25) is 9.59 Å². The zero-order valence-electron chi connectivity index (χ0n) is 14.6. The largest absolute Gasteiger partial charge is 0.368 e. The average molecular weight is 317 g/mol. The number of carbonyl (C=O) groups excluding carboxylic acids is 2. The number of carbonyl (C=O) groups is 2. The number of benzene rings is 1. The number of nitrogens with one attached hydrogen (secondary N) is 1. The van der Waals surface area contributed by atoms with Gasteiger partial charge < -0.3 is 15.1 Å². The minimum absolute atomic E-state index is 0.000357. The highest BCUT2D eigenvalue weighted by Gasteiger charge is 2.22. The van der Waals surface area contributed by atoms with Crippen molar-refractivity contribution in [3.05, 3.63) is 29.3 Å². The summed E-state index contributed by atoms with van der Waals surface area (Å²) in [5.74, 6) is -0.170. The van der Waals surface area contributed by atoms with Crippen LogP contribution >= 0.6 is 0 Å². The van der Waals surface area contributed by atoms with E-state index in [-0.39, 0.29) is 24.3 Å². The van der Waals surface area contributed by atoms with Crippen LogP contribution in [0.4, 0.5) is 5.69 Å². The minimum Gasteiger partial charge on any atom is -0.368 e. The van der Waals surface area contributed by atoms with Gasteiger partial charge >= 0.3 is 0 Å². The summed E-state index contributed by atoms with van der Waals surface area (Å²) in [5.41, 5.74) is 3.85. The molecule has 1 fully saturated rings. The summed E-state index contributed by atoms with van der Waals surface area (Å²) in [6.45, 7) is 11.1. The molecule has 1 aromatic rings. The normalized spacial score (nSPS) is 15.0. The quantitative estimate of drug-likeness (QED) is 0.920. The van der Waals surface area contributed by atoms with Crippen LogP contribution < -0.4 is 10.2 Å². The third kappa shape index (κ3) is 4.24. The number of amides is 2. The van der Waals surface area contributed by atoms with E-state index in [1.807, 2.05) is 18.7 Å². The van der Waals surface area contributed by atoms with E-state index >= 15 is 0 Å². The minimum atomic E-state index is -0.0936. The molecule has 126 valence electrons. The molecule has 1 saturated heterocycles. The third-order valence-electron chi connectivity index (χ3n) is 4.49. The number of piperazine rings is 1. The number of aryl methyl sites for hydroxylation is 1. The molecule has 0 radical (unpaired) electrons. The van der Waals surface area contributed by atoms with Gasteiger partial charge in [0.05, 0.1) is 6.54 Å². The molecule has 0 atom stereocenters. The molecule has 2 amide bonds. The zero-order chi connectivity index (χ0) is 17.0. The average Bonchev–Trinajstić information content (AvgIpc) is 2.55. The Kier molecular flexibility index (Phi) is 5.64. The van der Waals surface area contributed by atoms with Crippen molar-refractivity contribution in [3.8, 4) is 0 Å². The van der Waals surface area contributed by atoms with Crippen LogP contribution in [0.25, 0.3) is 0 Å². The van der Waals surface area contributed by atoms with Crippen molar-refractivity contribution < 1.29 is 9.59 Å². The summed E-state index contributed by atoms with van der Waals surface area (Å²) in [6, 6.07) is 6.34. The number of hydrogen-bond acceptors (Lipinski definition) is 3. The number of hydrogen-bond donors (Lipinski definition) is 1. The molecular formula is C18H27N3O2. The summed E-state index contributed by atoms with van der Waals surface area (Å²) in [7, 11) is 0. The van der Waals surface area contributed by atoms with Gasteiger partial charge in [0, 0.05) is 37.8 Å².